The Bertz CT molecular complexity index is 5820. The first kappa shape index (κ1) is 133. The minimum Gasteiger partial charge on any atom is -1.00 e. The summed E-state index contributed by atoms with van der Waals surface area (Å²) in [6.07, 6.45) is 1.35. The number of fused-ring (bicyclic) bond motifs is 6. The third-order valence-corrected chi connectivity index (χ3v) is 23.2. The number of alkyl halides is 2. The molecule has 0 saturated carbocycles. The standard InChI is InChI=1S/C20H23BrN2O10.C17H21BrN2O5.C17H19BrN2O5.C12H14BrNO2.C12H12BrNO2.C10H8BrNO2.C2H5Br.C2H6O.CH3F.CH2O3.ClH.2K.H/c21-9-1-2-12-10(4-9)8(3-14(25)22-11(20(31)32)5-15(26)27)6-23(12)19-18(30)17(29)16(28)13(7-24)33-19;2*1-2-25-17(24)7-11-9-20(15-5-3-12(18)8-14(11)15)19-13(10-21)4-6-16(22)23;2*1-2-16-12(15)5-8-7-14-11-4-3-9(13)6-10(8)11;11-7-1-2-9-8(4-7)6(5-12-9)3-10(13)14;2*1-2-3;1-2;2-1-4-3;;;;/h1-2,4,6,11,13,16-19,24,28-30H,3,5,7H2,(H,22,25)(H,26,27)(H,31,32);3,5,8,10-11,13,19H,2,4,6-7,9H2,1H3,(H,22,23);3,5,8-10,13,19H,2,4,6-7H2,1H3,(H,22,23);3-4,6,8,14H,2,5,7H2,1H3;3-4,6-7,14H,2,5H2,1H3;1-2,4-5,12H,3H2,(H,13,14);2H2,1H3;3H,2H2,1H3;1H3;1,3H;1H;;;/q;;;;;;;;;;;2*+1;-1/p-1/t11-,13-,16-,17+,18-,19-;11?,13-;13-;;;;;;;;;;;/m100.........../s1/i;;;;;;;;1D;;;;;. The number of aliphatic hydroxyl groups excluding tert-OH is 5. The normalized spacial score (nSPS) is 15.7. The number of carboxylic acid groups (broad SMARTS) is 5. The van der Waals surface area contributed by atoms with Crippen molar-refractivity contribution in [2.75, 3.05) is 81.0 Å². The van der Waals surface area contributed by atoms with Crippen LogP contribution in [-0.4, -0.2) is 257 Å². The van der Waals surface area contributed by atoms with Gasteiger partial charge >= 0.3 is 156 Å². The van der Waals surface area contributed by atoms with E-state index < -0.39 is 105 Å². The summed E-state index contributed by atoms with van der Waals surface area (Å²) in [5, 5.41) is 112. The summed E-state index contributed by atoms with van der Waals surface area (Å²) < 4.78 is 49.6. The average molecular weight is 2540 g/mol. The number of aromatic amines is 2. The van der Waals surface area contributed by atoms with Crippen LogP contribution >= 0.6 is 124 Å². The van der Waals surface area contributed by atoms with Crippen molar-refractivity contribution < 1.29 is 257 Å². The Kier molecular flexibility index (Phi) is 66.8. The van der Waals surface area contributed by atoms with Gasteiger partial charge in [-0.2, -0.15) is 0 Å². The van der Waals surface area contributed by atoms with Crippen LogP contribution in [0.4, 0.5) is 15.8 Å². The van der Waals surface area contributed by atoms with E-state index in [0.29, 0.717) is 79.3 Å². The van der Waals surface area contributed by atoms with Gasteiger partial charge in [0.2, 0.25) is 5.91 Å². The van der Waals surface area contributed by atoms with Crippen LogP contribution in [0.2, 0.25) is 0 Å². The van der Waals surface area contributed by atoms with E-state index in [4.69, 9.17) is 65.7 Å². The van der Waals surface area contributed by atoms with Crippen LogP contribution in [0.3, 0.4) is 0 Å². The number of aliphatic carboxylic acids is 5. The van der Waals surface area contributed by atoms with Gasteiger partial charge in [0.1, 0.15) is 43.0 Å². The number of amides is 1. The summed E-state index contributed by atoms with van der Waals surface area (Å²) in [6, 6.07) is 31.3. The van der Waals surface area contributed by atoms with Gasteiger partial charge in [-0.05, 0) is 190 Å². The molecule has 4 aromatic heterocycles. The first-order valence-corrected chi connectivity index (χ1v) is 49.2. The van der Waals surface area contributed by atoms with Gasteiger partial charge in [0.05, 0.1) is 115 Å². The molecule has 0 aliphatic carbocycles. The first-order valence-electron chi connectivity index (χ1n) is 44.1. The van der Waals surface area contributed by atoms with E-state index in [1.54, 1.807) is 56.0 Å². The first-order chi connectivity index (χ1) is 67.6. The summed E-state index contributed by atoms with van der Waals surface area (Å²) in [5.74, 6) is -7.08. The monoisotopic (exact) mass is 2530 g/mol. The number of hydrazine groups is 1. The Morgan fingerprint density at radius 1 is 0.556 bits per heavy atom. The fraction of sp³-hybridized carbons (Fsp3) is 0.394. The Morgan fingerprint density at radius 2 is 0.979 bits per heavy atom. The number of rotatable bonds is 35. The molecule has 50 heteroatoms. The molecule has 10 atom stereocenters. The quantitative estimate of drug-likeness (QED) is 0.00356. The molecular formula is C94H114Br7ClFK2N9O30. The molecule has 16 N–H and O–H groups in total. The smallest absolute Gasteiger partial charge is 1.00 e. The number of aliphatic hydroxyl groups is 5. The number of ether oxygens (including phenoxy) is 5. The van der Waals surface area contributed by atoms with Crippen molar-refractivity contribution in [3.8, 4) is 0 Å². The zero-order valence-corrected chi connectivity index (χ0v) is 97.6. The van der Waals surface area contributed by atoms with Crippen LogP contribution < -0.4 is 135 Å². The summed E-state index contributed by atoms with van der Waals surface area (Å²) in [7, 11) is -1.00. The van der Waals surface area contributed by atoms with Crippen LogP contribution in [-0.2, 0) is 117 Å². The maximum Gasteiger partial charge on any atom is 1.00 e. The van der Waals surface area contributed by atoms with Crippen molar-refractivity contribution in [1.29, 1.82) is 0 Å². The second-order valence-electron chi connectivity index (χ2n) is 30.1. The summed E-state index contributed by atoms with van der Waals surface area (Å²) in [6.45, 7) is 13.2. The van der Waals surface area contributed by atoms with Crippen LogP contribution in [0.25, 0.3) is 43.6 Å². The number of anilines is 2. The molecule has 144 heavy (non-hydrogen) atoms. The number of halogens is 9. The number of hydrogen-bond acceptors (Lipinski definition) is 29. The molecule has 3 aliphatic heterocycles. The molecule has 3 aliphatic rings. The van der Waals surface area contributed by atoms with Gasteiger partial charge in [0, 0.05) is 140 Å². The number of aromatic nitrogens is 4. The van der Waals surface area contributed by atoms with E-state index in [2.05, 4.69) is 154 Å². The number of esters is 4. The van der Waals surface area contributed by atoms with Gasteiger partial charge in [0.25, 0.3) is 6.47 Å². The molecule has 10 aromatic rings. The van der Waals surface area contributed by atoms with Gasteiger partial charge in [-0.15, -0.1) is 12.4 Å². The second-order valence-corrected chi connectivity index (χ2v) is 36.7. The summed E-state index contributed by atoms with van der Waals surface area (Å²) in [4.78, 5) is 153. The third kappa shape index (κ3) is 45.4. The molecule has 13 rings (SSSR count). The number of benzene rings is 6. The molecule has 39 nitrogen and oxygen atoms in total. The number of hydrogen-bond donors (Lipinski definition) is 16. The van der Waals surface area contributed by atoms with Gasteiger partial charge in [-0.25, -0.2) is 10.2 Å². The number of nitrogens with one attached hydrogen (secondary N) is 6. The maximum atomic E-state index is 12.5. The molecule has 0 spiro atoms. The largest absolute Gasteiger partial charge is 1.00 e. The molecule has 2 unspecified atom stereocenters. The van der Waals surface area contributed by atoms with Crippen molar-refractivity contribution in [3.05, 3.63) is 194 Å². The fourth-order valence-corrected chi connectivity index (χ4v) is 16.4. The Labute approximate surface area is 980 Å². The Hall–Kier alpha value is -7.08. The van der Waals surface area contributed by atoms with Gasteiger partial charge in [0.15, 0.2) is 6.23 Å². The zero-order valence-electron chi connectivity index (χ0n) is 81.5. The van der Waals surface area contributed by atoms with E-state index in [-0.39, 0.29) is 217 Å². The predicted octanol–water partition coefficient (Wildman–Crippen LogP) is 7.16. The van der Waals surface area contributed by atoms with Crippen molar-refractivity contribution in [2.45, 2.75) is 173 Å². The second kappa shape index (κ2) is 72.4. The molecule has 6 aromatic carbocycles. The number of H-pyrrole nitrogens is 2. The fourth-order valence-electron chi connectivity index (χ4n) is 14.2. The topological polar surface area (TPSA) is 595 Å². The van der Waals surface area contributed by atoms with Crippen LogP contribution in [0, 0.1) is 0 Å². The minimum absolute atomic E-state index is 0. The van der Waals surface area contributed by atoms with Crippen molar-refractivity contribution >= 4 is 258 Å². The van der Waals surface area contributed by atoms with E-state index in [9.17, 15) is 82.4 Å². The number of nitrogens with zero attached hydrogens (tertiary/aromatic N) is 3. The third-order valence-electron chi connectivity index (χ3n) is 20.2. The van der Waals surface area contributed by atoms with Crippen LogP contribution in [0.15, 0.2) is 161 Å². The molecule has 0 radical (unpaired) electrons. The molecule has 1 fully saturated rings. The Balaban J connectivity index is 0.00000171. The minimum atomic E-state index is -1.61. The predicted molar refractivity (Wildman–Crippen MR) is 551 cm³/mol. The number of carbonyl (C=O) groups excluding carboxylic acids is 8. The average Bonchev–Trinajstić information content (AvgIpc) is 1.60. The van der Waals surface area contributed by atoms with Gasteiger partial charge < -0.3 is 132 Å². The molecule has 1 amide bonds. The maximum absolute atomic E-state index is 12.5. The molecular weight excluding hydrogens is 2430 g/mol. The number of carboxylic acids is 5. The molecule has 780 valence electrons. The van der Waals surface area contributed by atoms with Gasteiger partial charge in [-0.1, -0.05) is 118 Å². The van der Waals surface area contributed by atoms with Gasteiger partial charge in [-0.3, -0.25) is 57.0 Å². The zero-order chi connectivity index (χ0) is 106. The van der Waals surface area contributed by atoms with Crippen molar-refractivity contribution in [2.24, 2.45) is 0 Å². The summed E-state index contributed by atoms with van der Waals surface area (Å²) >= 11 is 23.5. The number of carbonyl (C=O) groups is 13. The van der Waals surface area contributed by atoms with E-state index in [1.165, 1.54) is 16.3 Å². The molecule has 0 bridgehead atoms. The van der Waals surface area contributed by atoms with Crippen LogP contribution in [0.1, 0.15) is 141 Å². The van der Waals surface area contributed by atoms with E-state index >= 15 is 0 Å². The van der Waals surface area contributed by atoms with Crippen molar-refractivity contribution in [1.82, 2.24) is 30.0 Å². The van der Waals surface area contributed by atoms with E-state index in [0.717, 1.165) is 101 Å². The molecule has 7 heterocycles. The number of aldehydes is 2. The summed E-state index contributed by atoms with van der Waals surface area (Å²) in [5.41, 5.74) is 16.4. The van der Waals surface area contributed by atoms with E-state index in [1.807, 2.05) is 117 Å². The SMILES string of the molecule is CCBr.CCO.CCOC(=O)CC1CN(N[C@H](C=O)CCC(=O)O)c2ccc(Br)cc21.CCOC(=O)CC1CNc2ccc(Br)cc21.CCOC(=O)Cc1c[nH]c2ccc(Br)cc12.CCOC(=O)Cc1cn(N[C@H](C=O)CCC(=O)O)c2ccc(Br)cc12.Cl.O=C(O)C[C@@H](NC(=O)Cc1cn([C@@H]2O[C@H](CO)[C@@H](O)[C@H](O)[C@H]2O)c2ccc(Br)cc12)C(=O)O.O=C(O)Cc1c[nH]c2ccc(Br)cc12.O=CO[O-].[2H]CF.[H-].[K+].[K+]. The van der Waals surface area contributed by atoms with Crippen LogP contribution in [0.5, 0.6) is 0 Å². The Morgan fingerprint density at radius 3 is 1.44 bits per heavy atom. The van der Waals surface area contributed by atoms with Crippen molar-refractivity contribution in [3.63, 3.8) is 0 Å². The molecule has 1 saturated heterocycles.